The lowest BCUT2D eigenvalue weighted by Crippen LogP contribution is -2.55. The van der Waals surface area contributed by atoms with E-state index in [4.69, 9.17) is 0 Å². The van der Waals surface area contributed by atoms with Gasteiger partial charge in [0.15, 0.2) is 0 Å². The molecule has 1 aliphatic carbocycles. The van der Waals surface area contributed by atoms with Gasteiger partial charge in [0.2, 0.25) is 11.8 Å². The van der Waals surface area contributed by atoms with E-state index in [1.54, 1.807) is 24.2 Å². The summed E-state index contributed by atoms with van der Waals surface area (Å²) in [6.45, 7) is 3.11. The Kier molecular flexibility index (Phi) is 5.71. The predicted octanol–water partition coefficient (Wildman–Crippen LogP) is 2.96. The molecule has 1 spiro atoms. The molecule has 3 heterocycles. The molecule has 0 aromatic carbocycles. The van der Waals surface area contributed by atoms with Crippen LogP contribution in [0.5, 0.6) is 0 Å². The molecule has 6 heteroatoms. The van der Waals surface area contributed by atoms with Gasteiger partial charge in [0.05, 0.1) is 5.75 Å². The summed E-state index contributed by atoms with van der Waals surface area (Å²) in [5.41, 5.74) is 1.20. The van der Waals surface area contributed by atoms with Crippen molar-refractivity contribution in [1.82, 2.24) is 14.8 Å². The van der Waals surface area contributed by atoms with Crippen molar-refractivity contribution in [2.45, 2.75) is 45.1 Å². The first-order valence-corrected chi connectivity index (χ1v) is 11.3. The molecule has 2 aliphatic heterocycles. The molecule has 3 aliphatic rings. The first-order valence-electron chi connectivity index (χ1n) is 10.2. The molecule has 0 unspecified atom stereocenters. The van der Waals surface area contributed by atoms with E-state index in [9.17, 15) is 9.59 Å². The number of aromatic nitrogens is 1. The average molecular weight is 388 g/mol. The molecule has 5 nitrogen and oxygen atoms in total. The van der Waals surface area contributed by atoms with Crippen LogP contribution in [0.15, 0.2) is 24.5 Å². The Bertz CT molecular complexity index is 679. The SMILES string of the molecule is O=C(CSCC1CC1)N1CCC[C@@]2(CCC(=O)N(Cc3ccncc3)C2)C1. The van der Waals surface area contributed by atoms with Gasteiger partial charge in [-0.05, 0) is 61.5 Å². The van der Waals surface area contributed by atoms with Crippen LogP contribution in [-0.4, -0.2) is 57.7 Å². The van der Waals surface area contributed by atoms with E-state index in [1.807, 2.05) is 17.0 Å². The fourth-order valence-corrected chi connectivity index (χ4v) is 5.54. The Morgan fingerprint density at radius 3 is 2.81 bits per heavy atom. The zero-order chi connectivity index (χ0) is 18.7. The highest BCUT2D eigenvalue weighted by Gasteiger charge is 2.42. The smallest absolute Gasteiger partial charge is 0.232 e. The van der Waals surface area contributed by atoms with Crippen LogP contribution < -0.4 is 0 Å². The number of rotatable bonds is 6. The van der Waals surface area contributed by atoms with Crippen molar-refractivity contribution in [3.05, 3.63) is 30.1 Å². The summed E-state index contributed by atoms with van der Waals surface area (Å²) in [7, 11) is 0. The van der Waals surface area contributed by atoms with Gasteiger partial charge in [0.1, 0.15) is 0 Å². The van der Waals surface area contributed by atoms with Gasteiger partial charge in [-0.3, -0.25) is 14.6 Å². The zero-order valence-electron chi connectivity index (χ0n) is 15.9. The van der Waals surface area contributed by atoms with Gasteiger partial charge in [-0.2, -0.15) is 11.8 Å². The van der Waals surface area contributed by atoms with Crippen molar-refractivity contribution < 1.29 is 9.59 Å². The largest absolute Gasteiger partial charge is 0.341 e. The molecule has 1 aromatic heterocycles. The maximum atomic E-state index is 12.7. The van der Waals surface area contributed by atoms with Crippen LogP contribution in [-0.2, 0) is 16.1 Å². The van der Waals surface area contributed by atoms with Gasteiger partial charge in [-0.25, -0.2) is 0 Å². The van der Waals surface area contributed by atoms with Gasteiger partial charge in [-0.1, -0.05) is 0 Å². The molecule has 1 aromatic rings. The highest BCUT2D eigenvalue weighted by molar-refractivity contribution is 7.99. The maximum absolute atomic E-state index is 12.7. The number of piperidine rings is 2. The Balaban J connectivity index is 1.35. The number of hydrogen-bond acceptors (Lipinski definition) is 4. The van der Waals surface area contributed by atoms with Gasteiger partial charge < -0.3 is 9.80 Å². The molecule has 2 amide bonds. The standard InChI is InChI=1S/C21H29N3O2S/c25-19-4-8-21(16-24(19)12-17-5-9-22-10-6-17)7-1-11-23(15-21)20(26)14-27-13-18-2-3-18/h5-6,9-10,18H,1-4,7-8,11-16H2/t21-/m1/s1. The van der Waals surface area contributed by atoms with Crippen molar-refractivity contribution in [2.75, 3.05) is 31.1 Å². The number of hydrogen-bond donors (Lipinski definition) is 0. The zero-order valence-corrected chi connectivity index (χ0v) is 16.8. The number of carbonyl (C=O) groups excluding carboxylic acids is 2. The summed E-state index contributed by atoms with van der Waals surface area (Å²) >= 11 is 1.80. The van der Waals surface area contributed by atoms with Crippen LogP contribution >= 0.6 is 11.8 Å². The average Bonchev–Trinajstić information content (AvgIpc) is 3.50. The van der Waals surface area contributed by atoms with Crippen molar-refractivity contribution >= 4 is 23.6 Å². The molecular weight excluding hydrogens is 358 g/mol. The summed E-state index contributed by atoms with van der Waals surface area (Å²) in [4.78, 5) is 33.3. The topological polar surface area (TPSA) is 53.5 Å². The second kappa shape index (κ2) is 8.21. The van der Waals surface area contributed by atoms with E-state index in [0.29, 0.717) is 18.7 Å². The third-order valence-electron chi connectivity index (χ3n) is 6.16. The molecule has 2 saturated heterocycles. The molecule has 0 N–H and O–H groups in total. The Labute approximate surface area is 165 Å². The van der Waals surface area contributed by atoms with E-state index in [2.05, 4.69) is 9.88 Å². The molecule has 1 atom stereocenters. The molecule has 0 bridgehead atoms. The number of pyridine rings is 1. The van der Waals surface area contributed by atoms with E-state index < -0.39 is 0 Å². The fraction of sp³-hybridized carbons (Fsp3) is 0.667. The van der Waals surface area contributed by atoms with Gasteiger partial charge in [0, 0.05) is 50.4 Å². The van der Waals surface area contributed by atoms with Crippen LogP contribution in [0.1, 0.15) is 44.1 Å². The summed E-state index contributed by atoms with van der Waals surface area (Å²) in [6, 6.07) is 3.95. The van der Waals surface area contributed by atoms with E-state index in [1.165, 1.54) is 12.8 Å². The summed E-state index contributed by atoms with van der Waals surface area (Å²) in [6.07, 6.45) is 9.92. The van der Waals surface area contributed by atoms with Crippen LogP contribution in [0, 0.1) is 11.3 Å². The molecule has 0 radical (unpaired) electrons. The number of carbonyl (C=O) groups is 2. The molecular formula is C21H29N3O2S. The van der Waals surface area contributed by atoms with Gasteiger partial charge in [-0.15, -0.1) is 0 Å². The summed E-state index contributed by atoms with van der Waals surface area (Å²) < 4.78 is 0. The predicted molar refractivity (Wildman–Crippen MR) is 107 cm³/mol. The van der Waals surface area contributed by atoms with Crippen LogP contribution in [0.4, 0.5) is 0 Å². The minimum absolute atomic E-state index is 0.0794. The van der Waals surface area contributed by atoms with Crippen LogP contribution in [0.2, 0.25) is 0 Å². The third kappa shape index (κ3) is 4.84. The van der Waals surface area contributed by atoms with Crippen LogP contribution in [0.3, 0.4) is 0 Å². The molecule has 4 rings (SSSR count). The van der Waals surface area contributed by atoms with Crippen molar-refractivity contribution in [2.24, 2.45) is 11.3 Å². The first kappa shape index (κ1) is 18.8. The lowest BCUT2D eigenvalue weighted by Gasteiger charge is -2.48. The van der Waals surface area contributed by atoms with Crippen molar-refractivity contribution in [3.63, 3.8) is 0 Å². The second-order valence-corrected chi connectivity index (χ2v) is 9.51. The Hall–Kier alpha value is -1.56. The van der Waals surface area contributed by atoms with E-state index >= 15 is 0 Å². The van der Waals surface area contributed by atoms with E-state index in [-0.39, 0.29) is 17.2 Å². The minimum Gasteiger partial charge on any atom is -0.341 e. The third-order valence-corrected chi connectivity index (χ3v) is 7.32. The maximum Gasteiger partial charge on any atom is 0.232 e. The van der Waals surface area contributed by atoms with Crippen molar-refractivity contribution in [1.29, 1.82) is 0 Å². The Morgan fingerprint density at radius 1 is 1.22 bits per heavy atom. The Morgan fingerprint density at radius 2 is 2.04 bits per heavy atom. The quantitative estimate of drug-likeness (QED) is 0.753. The van der Waals surface area contributed by atoms with Gasteiger partial charge in [0.25, 0.3) is 0 Å². The van der Waals surface area contributed by atoms with Crippen molar-refractivity contribution in [3.8, 4) is 0 Å². The number of amides is 2. The molecule has 27 heavy (non-hydrogen) atoms. The molecule has 146 valence electrons. The lowest BCUT2D eigenvalue weighted by molar-refractivity contribution is -0.142. The summed E-state index contributed by atoms with van der Waals surface area (Å²) in [5, 5.41) is 0. The number of thioether (sulfide) groups is 1. The normalized spacial score (nSPS) is 25.9. The molecule has 1 saturated carbocycles. The van der Waals surface area contributed by atoms with E-state index in [0.717, 1.165) is 56.1 Å². The molecule has 3 fully saturated rings. The highest BCUT2D eigenvalue weighted by Crippen LogP contribution is 2.39. The monoisotopic (exact) mass is 387 g/mol. The minimum atomic E-state index is 0.0794. The lowest BCUT2D eigenvalue weighted by atomic mass is 9.73. The fourth-order valence-electron chi connectivity index (χ4n) is 4.40. The first-order chi connectivity index (χ1) is 13.1. The highest BCUT2D eigenvalue weighted by atomic mass is 32.2. The summed E-state index contributed by atoms with van der Waals surface area (Å²) in [5.74, 6) is 3.14. The van der Waals surface area contributed by atoms with Gasteiger partial charge >= 0.3 is 0 Å². The number of likely N-dealkylation sites (tertiary alicyclic amines) is 2. The number of nitrogens with zero attached hydrogens (tertiary/aromatic N) is 3. The van der Waals surface area contributed by atoms with Crippen LogP contribution in [0.25, 0.3) is 0 Å². The second-order valence-electron chi connectivity index (χ2n) is 8.48.